The minimum absolute atomic E-state index is 0.0238. The van der Waals surface area contributed by atoms with Crippen molar-refractivity contribution in [2.75, 3.05) is 0 Å². The summed E-state index contributed by atoms with van der Waals surface area (Å²) in [5, 5.41) is 13.4. The van der Waals surface area contributed by atoms with Crippen LogP contribution in [-0.4, -0.2) is 20.9 Å². The second-order valence-electron chi connectivity index (χ2n) is 6.35. The summed E-state index contributed by atoms with van der Waals surface area (Å²) in [7, 11) is 0. The molecule has 0 aliphatic rings. The highest BCUT2D eigenvalue weighted by Crippen LogP contribution is 2.34. The van der Waals surface area contributed by atoms with E-state index in [4.69, 9.17) is 4.74 Å². The summed E-state index contributed by atoms with van der Waals surface area (Å²) in [5.74, 6) is 0.467. The van der Waals surface area contributed by atoms with Crippen LogP contribution in [0.2, 0.25) is 0 Å². The van der Waals surface area contributed by atoms with Gasteiger partial charge in [0.15, 0.2) is 5.69 Å². The molecule has 1 heterocycles. The molecule has 4 aromatic rings. The Kier molecular flexibility index (Phi) is 4.64. The fraction of sp³-hybridized carbons (Fsp3) is 0.0435. The van der Waals surface area contributed by atoms with Gasteiger partial charge in [0.05, 0.1) is 5.69 Å². The largest absolute Gasteiger partial charge is 0.476 e. The second kappa shape index (κ2) is 7.40. The van der Waals surface area contributed by atoms with E-state index in [9.17, 15) is 9.90 Å². The molecule has 0 spiro atoms. The van der Waals surface area contributed by atoms with E-state index in [0.717, 1.165) is 34.0 Å². The summed E-state index contributed by atoms with van der Waals surface area (Å²) < 4.78 is 7.70. The minimum atomic E-state index is -1.04. The lowest BCUT2D eigenvalue weighted by Gasteiger charge is -2.13. The van der Waals surface area contributed by atoms with Crippen LogP contribution in [-0.2, 0) is 0 Å². The molecule has 1 aromatic heterocycles. The number of aryl methyl sites for hydroxylation is 1. The van der Waals surface area contributed by atoms with Crippen molar-refractivity contribution < 1.29 is 14.6 Å². The molecule has 0 atom stereocenters. The first-order valence-corrected chi connectivity index (χ1v) is 8.84. The van der Waals surface area contributed by atoms with Crippen LogP contribution < -0.4 is 4.74 Å². The smallest absolute Gasteiger partial charge is 0.356 e. The molecule has 138 valence electrons. The molecule has 0 aliphatic carbocycles. The van der Waals surface area contributed by atoms with E-state index in [2.05, 4.69) is 5.10 Å². The number of carboxylic acid groups (broad SMARTS) is 1. The van der Waals surface area contributed by atoms with Gasteiger partial charge in [0.1, 0.15) is 11.5 Å². The summed E-state index contributed by atoms with van der Waals surface area (Å²) in [4.78, 5) is 11.2. The van der Waals surface area contributed by atoms with Gasteiger partial charge in [-0.05, 0) is 48.9 Å². The number of aromatic nitrogens is 2. The molecule has 0 aliphatic heterocycles. The van der Waals surface area contributed by atoms with E-state index in [1.807, 2.05) is 85.8 Å². The highest BCUT2D eigenvalue weighted by atomic mass is 16.5. The number of hydrogen-bond donors (Lipinski definition) is 1. The van der Waals surface area contributed by atoms with Crippen LogP contribution in [0.3, 0.4) is 0 Å². The maximum Gasteiger partial charge on any atom is 0.356 e. The summed E-state index contributed by atoms with van der Waals surface area (Å²) >= 11 is 0. The van der Waals surface area contributed by atoms with Crippen molar-refractivity contribution >= 4 is 5.97 Å². The van der Waals surface area contributed by atoms with Gasteiger partial charge in [-0.2, -0.15) is 5.10 Å². The van der Waals surface area contributed by atoms with Crippen LogP contribution in [0.5, 0.6) is 11.5 Å². The standard InChI is InChI=1S/C23H18N2O3/c1-16-14-21(23(26)27)24-25(16)18-9-7-8-17(15-18)20-12-5-6-13-22(20)28-19-10-3-2-4-11-19/h2-15H,1H3,(H,26,27). The molecule has 0 fully saturated rings. The molecule has 5 heteroatoms. The van der Waals surface area contributed by atoms with Crippen molar-refractivity contribution in [3.63, 3.8) is 0 Å². The van der Waals surface area contributed by atoms with Gasteiger partial charge < -0.3 is 9.84 Å². The second-order valence-corrected chi connectivity index (χ2v) is 6.35. The average Bonchev–Trinajstić information content (AvgIpc) is 3.11. The van der Waals surface area contributed by atoms with Gasteiger partial charge in [-0.3, -0.25) is 0 Å². The highest BCUT2D eigenvalue weighted by Gasteiger charge is 2.13. The van der Waals surface area contributed by atoms with Gasteiger partial charge in [-0.1, -0.05) is 48.5 Å². The van der Waals surface area contributed by atoms with Crippen molar-refractivity contribution in [3.05, 3.63) is 96.3 Å². The predicted octanol–water partition coefficient (Wildman–Crippen LogP) is 5.34. The molecule has 3 aromatic carbocycles. The fourth-order valence-corrected chi connectivity index (χ4v) is 3.06. The fourth-order valence-electron chi connectivity index (χ4n) is 3.06. The monoisotopic (exact) mass is 370 g/mol. The molecule has 0 saturated carbocycles. The van der Waals surface area contributed by atoms with E-state index in [-0.39, 0.29) is 5.69 Å². The Hall–Kier alpha value is -3.86. The maximum atomic E-state index is 11.2. The zero-order chi connectivity index (χ0) is 19.5. The van der Waals surface area contributed by atoms with Crippen LogP contribution >= 0.6 is 0 Å². The molecule has 0 amide bonds. The van der Waals surface area contributed by atoms with Crippen LogP contribution in [0, 0.1) is 6.92 Å². The Bertz CT molecular complexity index is 1130. The van der Waals surface area contributed by atoms with Crippen LogP contribution in [0.1, 0.15) is 16.2 Å². The molecular weight excluding hydrogens is 352 g/mol. The zero-order valence-electron chi connectivity index (χ0n) is 15.2. The Morgan fingerprint density at radius 3 is 2.43 bits per heavy atom. The summed E-state index contributed by atoms with van der Waals surface area (Å²) in [6.45, 7) is 1.83. The molecule has 0 saturated heterocycles. The van der Waals surface area contributed by atoms with Crippen LogP contribution in [0.25, 0.3) is 16.8 Å². The van der Waals surface area contributed by atoms with Crippen molar-refractivity contribution in [3.8, 4) is 28.3 Å². The topological polar surface area (TPSA) is 64.3 Å². The number of carboxylic acids is 1. The third kappa shape index (κ3) is 3.50. The number of aromatic carboxylic acids is 1. The van der Waals surface area contributed by atoms with E-state index in [1.54, 1.807) is 10.7 Å². The minimum Gasteiger partial charge on any atom is -0.476 e. The zero-order valence-corrected chi connectivity index (χ0v) is 15.2. The maximum absolute atomic E-state index is 11.2. The van der Waals surface area contributed by atoms with Gasteiger partial charge in [-0.15, -0.1) is 0 Å². The number of rotatable bonds is 5. The van der Waals surface area contributed by atoms with E-state index >= 15 is 0 Å². The highest BCUT2D eigenvalue weighted by molar-refractivity contribution is 5.85. The molecule has 28 heavy (non-hydrogen) atoms. The molecule has 0 unspecified atom stereocenters. The van der Waals surface area contributed by atoms with Crippen LogP contribution in [0.4, 0.5) is 0 Å². The quantitative estimate of drug-likeness (QED) is 0.515. The molecular formula is C23H18N2O3. The van der Waals surface area contributed by atoms with E-state index in [1.165, 1.54) is 0 Å². The lowest BCUT2D eigenvalue weighted by atomic mass is 10.0. The number of para-hydroxylation sites is 2. The molecule has 5 nitrogen and oxygen atoms in total. The first kappa shape index (κ1) is 17.5. The van der Waals surface area contributed by atoms with Gasteiger partial charge in [0, 0.05) is 11.3 Å². The Morgan fingerprint density at radius 1 is 0.929 bits per heavy atom. The Balaban J connectivity index is 1.74. The third-order valence-corrected chi connectivity index (χ3v) is 4.37. The van der Waals surface area contributed by atoms with Gasteiger partial charge in [-0.25, -0.2) is 9.48 Å². The normalized spacial score (nSPS) is 10.6. The Labute approximate surface area is 162 Å². The first-order valence-electron chi connectivity index (χ1n) is 8.84. The van der Waals surface area contributed by atoms with Gasteiger partial charge in [0.2, 0.25) is 0 Å². The summed E-state index contributed by atoms with van der Waals surface area (Å²) in [5.41, 5.74) is 3.46. The predicted molar refractivity (Wildman–Crippen MR) is 107 cm³/mol. The summed E-state index contributed by atoms with van der Waals surface area (Å²) in [6.07, 6.45) is 0. The number of ether oxygens (including phenoxy) is 1. The Morgan fingerprint density at radius 2 is 1.68 bits per heavy atom. The molecule has 0 radical (unpaired) electrons. The average molecular weight is 370 g/mol. The number of benzene rings is 3. The van der Waals surface area contributed by atoms with Crippen molar-refractivity contribution in [1.29, 1.82) is 0 Å². The number of hydrogen-bond acceptors (Lipinski definition) is 3. The summed E-state index contributed by atoms with van der Waals surface area (Å²) in [6, 6.07) is 26.8. The van der Waals surface area contributed by atoms with Gasteiger partial charge >= 0.3 is 5.97 Å². The lowest BCUT2D eigenvalue weighted by molar-refractivity contribution is 0.0690. The molecule has 4 rings (SSSR count). The first-order chi connectivity index (χ1) is 13.6. The van der Waals surface area contributed by atoms with Crippen molar-refractivity contribution in [1.82, 2.24) is 9.78 Å². The molecule has 1 N–H and O–H groups in total. The SMILES string of the molecule is Cc1cc(C(=O)O)nn1-c1cccc(-c2ccccc2Oc2ccccc2)c1. The van der Waals surface area contributed by atoms with E-state index in [0.29, 0.717) is 0 Å². The van der Waals surface area contributed by atoms with Gasteiger partial charge in [0.25, 0.3) is 0 Å². The van der Waals surface area contributed by atoms with Crippen molar-refractivity contribution in [2.24, 2.45) is 0 Å². The van der Waals surface area contributed by atoms with Crippen LogP contribution in [0.15, 0.2) is 84.9 Å². The number of carbonyl (C=O) groups is 1. The van der Waals surface area contributed by atoms with E-state index < -0.39 is 5.97 Å². The van der Waals surface area contributed by atoms with Crippen molar-refractivity contribution in [2.45, 2.75) is 6.92 Å². The molecule has 0 bridgehead atoms. The lowest BCUT2D eigenvalue weighted by Crippen LogP contribution is -2.02. The number of nitrogens with zero attached hydrogens (tertiary/aromatic N) is 2. The third-order valence-electron chi connectivity index (χ3n) is 4.37.